The first-order valence-corrected chi connectivity index (χ1v) is 15.1. The van der Waals surface area contributed by atoms with Crippen molar-refractivity contribution in [3.63, 3.8) is 0 Å². The van der Waals surface area contributed by atoms with E-state index in [0.29, 0.717) is 172 Å². The van der Waals surface area contributed by atoms with Crippen LogP contribution in [0.5, 0.6) is 0 Å². The monoisotopic (exact) mass is 626 g/mol. The van der Waals surface area contributed by atoms with Crippen molar-refractivity contribution >= 4 is 0 Å². The van der Waals surface area contributed by atoms with Crippen molar-refractivity contribution in [2.45, 2.75) is 0 Å². The summed E-state index contributed by atoms with van der Waals surface area (Å²) in [7, 11) is 0. The largest absolute Gasteiger partial charge is 0.377 e. The molecule has 0 aromatic heterocycles. The normalized spacial score (nSPS) is 11.3. The first-order valence-electron chi connectivity index (χ1n) is 15.1. The molecule has 0 bridgehead atoms. The van der Waals surface area contributed by atoms with Crippen LogP contribution in [0, 0.1) is 0 Å². The number of hydrogen-bond acceptors (Lipinski definition) is 13. The third-order valence-electron chi connectivity index (χ3n) is 4.94. The Morgan fingerprint density at radius 2 is 0.326 bits per heavy atom. The molecule has 0 unspecified atom stereocenters. The fourth-order valence-corrected chi connectivity index (χ4v) is 2.87. The first-order chi connectivity index (χ1) is 21.4. The fraction of sp³-hybridized carbons (Fsp3) is 0.867. The van der Waals surface area contributed by atoms with E-state index in [1.807, 2.05) is 0 Å². The van der Waals surface area contributed by atoms with Crippen molar-refractivity contribution in [2.24, 2.45) is 0 Å². The molecule has 0 aliphatic carbocycles. The second-order valence-electron chi connectivity index (χ2n) is 8.46. The second-order valence-corrected chi connectivity index (χ2v) is 8.46. The van der Waals surface area contributed by atoms with Gasteiger partial charge in [-0.05, 0) is 0 Å². The van der Waals surface area contributed by atoms with Crippen molar-refractivity contribution in [2.75, 3.05) is 172 Å². The molecule has 0 atom stereocenters. The molecule has 0 rings (SSSR count). The zero-order chi connectivity index (χ0) is 31.0. The van der Waals surface area contributed by atoms with E-state index in [1.165, 1.54) is 0 Å². The fourth-order valence-electron chi connectivity index (χ4n) is 2.87. The van der Waals surface area contributed by atoms with Crippen LogP contribution in [0.2, 0.25) is 0 Å². The van der Waals surface area contributed by atoms with Crippen molar-refractivity contribution in [1.82, 2.24) is 0 Å². The van der Waals surface area contributed by atoms with E-state index in [2.05, 4.69) is 13.2 Å². The van der Waals surface area contributed by atoms with Crippen LogP contribution in [0.4, 0.5) is 0 Å². The minimum Gasteiger partial charge on any atom is -0.377 e. The molecule has 0 saturated carbocycles. The number of hydrogen-bond donors (Lipinski definition) is 0. The smallest absolute Gasteiger partial charge is 0.0704 e. The highest BCUT2D eigenvalue weighted by Crippen LogP contribution is 1.87. The van der Waals surface area contributed by atoms with Crippen LogP contribution in [-0.2, 0) is 61.6 Å². The van der Waals surface area contributed by atoms with Gasteiger partial charge in [-0.3, -0.25) is 0 Å². The summed E-state index contributed by atoms with van der Waals surface area (Å²) < 4.78 is 70.2. The molecule has 0 amide bonds. The summed E-state index contributed by atoms with van der Waals surface area (Å²) in [5.41, 5.74) is 0. The summed E-state index contributed by atoms with van der Waals surface area (Å²) in [6.07, 6.45) is 3.42. The molecule has 43 heavy (non-hydrogen) atoms. The molecule has 0 aromatic rings. The van der Waals surface area contributed by atoms with Gasteiger partial charge >= 0.3 is 0 Å². The topological polar surface area (TPSA) is 120 Å². The van der Waals surface area contributed by atoms with Gasteiger partial charge in [0.05, 0.1) is 172 Å². The Morgan fingerprint density at radius 3 is 0.442 bits per heavy atom. The summed E-state index contributed by atoms with van der Waals surface area (Å²) in [4.78, 5) is 0. The summed E-state index contributed by atoms with van der Waals surface area (Å²) >= 11 is 0. The van der Waals surface area contributed by atoms with E-state index in [1.54, 1.807) is 12.2 Å². The Labute approximate surface area is 258 Å². The van der Waals surface area contributed by atoms with E-state index >= 15 is 0 Å². The van der Waals surface area contributed by atoms with Crippen LogP contribution in [-0.4, -0.2) is 172 Å². The highest BCUT2D eigenvalue weighted by atomic mass is 16.6. The molecule has 256 valence electrons. The van der Waals surface area contributed by atoms with Crippen LogP contribution in [0.1, 0.15) is 0 Å². The second kappa shape index (κ2) is 41.0. The predicted molar refractivity (Wildman–Crippen MR) is 161 cm³/mol. The third-order valence-corrected chi connectivity index (χ3v) is 4.94. The Bertz CT molecular complexity index is 484. The van der Waals surface area contributed by atoms with Gasteiger partial charge < -0.3 is 61.6 Å². The van der Waals surface area contributed by atoms with Gasteiger partial charge in [-0.2, -0.15) is 0 Å². The van der Waals surface area contributed by atoms with Crippen LogP contribution < -0.4 is 0 Å². The molecule has 0 fully saturated rings. The molecule has 0 N–H and O–H groups in total. The lowest BCUT2D eigenvalue weighted by Crippen LogP contribution is -2.15. The van der Waals surface area contributed by atoms with E-state index in [4.69, 9.17) is 61.6 Å². The zero-order valence-corrected chi connectivity index (χ0v) is 26.3. The lowest BCUT2D eigenvalue weighted by Gasteiger charge is -2.09. The summed E-state index contributed by atoms with van der Waals surface area (Å²) in [5, 5.41) is 0. The van der Waals surface area contributed by atoms with Gasteiger partial charge in [0, 0.05) is 0 Å². The molecule has 0 spiro atoms. The van der Waals surface area contributed by atoms with Gasteiger partial charge in [0.15, 0.2) is 0 Å². The Kier molecular flexibility index (Phi) is 40.0. The minimum absolute atomic E-state index is 0.510. The Morgan fingerprint density at radius 1 is 0.209 bits per heavy atom. The maximum atomic E-state index is 5.47. The maximum Gasteiger partial charge on any atom is 0.0704 e. The zero-order valence-electron chi connectivity index (χ0n) is 26.3. The van der Waals surface area contributed by atoms with Crippen LogP contribution >= 0.6 is 0 Å². The molecular formula is C30H58O13. The minimum atomic E-state index is 0.510. The summed E-state index contributed by atoms with van der Waals surface area (Å²) in [6.45, 7) is 20.9. The lowest BCUT2D eigenvalue weighted by molar-refractivity contribution is -0.0287. The highest BCUT2D eigenvalue weighted by molar-refractivity contribution is 4.63. The molecule has 0 aliphatic heterocycles. The van der Waals surface area contributed by atoms with Gasteiger partial charge in [-0.15, -0.1) is 13.2 Å². The molecule has 0 saturated heterocycles. The SMILES string of the molecule is C=CCOCCOCCOCCOCCOCCOCCOCCOCCOCCOCCOCCOCCOCC=C. The molecule has 0 heterocycles. The highest BCUT2D eigenvalue weighted by Gasteiger charge is 1.96. The quantitative estimate of drug-likeness (QED) is 0.0724. The molecule has 0 aliphatic rings. The van der Waals surface area contributed by atoms with Crippen molar-refractivity contribution in [3.8, 4) is 0 Å². The van der Waals surface area contributed by atoms with E-state index < -0.39 is 0 Å². The van der Waals surface area contributed by atoms with Gasteiger partial charge in [-0.25, -0.2) is 0 Å². The predicted octanol–water partition coefficient (Wildman–Crippen LogP) is 1.57. The van der Waals surface area contributed by atoms with Crippen LogP contribution in [0.25, 0.3) is 0 Å². The van der Waals surface area contributed by atoms with E-state index in [9.17, 15) is 0 Å². The molecule has 13 heteroatoms. The van der Waals surface area contributed by atoms with Crippen molar-refractivity contribution in [1.29, 1.82) is 0 Å². The van der Waals surface area contributed by atoms with Crippen LogP contribution in [0.15, 0.2) is 25.3 Å². The molecule has 13 nitrogen and oxygen atoms in total. The molecule has 0 aromatic carbocycles. The van der Waals surface area contributed by atoms with Crippen molar-refractivity contribution in [3.05, 3.63) is 25.3 Å². The first kappa shape index (κ1) is 42.0. The van der Waals surface area contributed by atoms with E-state index in [-0.39, 0.29) is 0 Å². The summed E-state index contributed by atoms with van der Waals surface area (Å²) in [5.74, 6) is 0. The average molecular weight is 627 g/mol. The third kappa shape index (κ3) is 41.0. The number of ether oxygens (including phenoxy) is 13. The van der Waals surface area contributed by atoms with Gasteiger partial charge in [0.25, 0.3) is 0 Å². The Balaban J connectivity index is 3.03. The Hall–Kier alpha value is -1.04. The van der Waals surface area contributed by atoms with E-state index in [0.717, 1.165) is 0 Å². The van der Waals surface area contributed by atoms with Gasteiger partial charge in [0.2, 0.25) is 0 Å². The van der Waals surface area contributed by atoms with Gasteiger partial charge in [-0.1, -0.05) is 12.2 Å². The average Bonchev–Trinajstić information content (AvgIpc) is 3.02. The standard InChI is InChI=1S/C30H58O13/c1-3-5-31-7-9-33-11-13-35-15-17-37-19-21-39-23-25-41-27-29-43-30-28-42-26-24-40-22-20-38-18-16-36-14-12-34-10-8-32-6-4-2/h3-4H,1-2,5-30H2. The molecular weight excluding hydrogens is 568 g/mol. The maximum absolute atomic E-state index is 5.47. The van der Waals surface area contributed by atoms with Crippen LogP contribution in [0.3, 0.4) is 0 Å². The summed E-state index contributed by atoms with van der Waals surface area (Å²) in [6, 6.07) is 0. The van der Waals surface area contributed by atoms with Gasteiger partial charge in [0.1, 0.15) is 0 Å². The number of rotatable bonds is 40. The lowest BCUT2D eigenvalue weighted by atomic mass is 10.6. The molecule has 0 radical (unpaired) electrons. The van der Waals surface area contributed by atoms with Crippen molar-refractivity contribution < 1.29 is 61.6 Å².